The summed E-state index contributed by atoms with van der Waals surface area (Å²) < 4.78 is 16.0. The van der Waals surface area contributed by atoms with Crippen LogP contribution < -0.4 is 9.47 Å². The summed E-state index contributed by atoms with van der Waals surface area (Å²) in [5, 5.41) is 0.642. The third-order valence-corrected chi connectivity index (χ3v) is 4.47. The maximum atomic E-state index is 11.9. The first-order valence-electron chi connectivity index (χ1n) is 10.1. The molecule has 2 rings (SSSR count). The third kappa shape index (κ3) is 10.0. The van der Waals surface area contributed by atoms with Gasteiger partial charge in [0.1, 0.15) is 11.5 Å². The molecular formula is C25H27ClO5. The monoisotopic (exact) mass is 442 g/mol. The lowest BCUT2D eigenvalue weighted by molar-refractivity contribution is -0.139. The van der Waals surface area contributed by atoms with Crippen LogP contribution in [0, 0.1) is 0 Å². The molecule has 0 bridgehead atoms. The van der Waals surface area contributed by atoms with Crippen molar-refractivity contribution < 1.29 is 23.8 Å². The molecule has 0 saturated carbocycles. The van der Waals surface area contributed by atoms with E-state index in [0.29, 0.717) is 35.3 Å². The van der Waals surface area contributed by atoms with Crippen molar-refractivity contribution in [3.8, 4) is 11.5 Å². The Morgan fingerprint density at radius 3 is 2.16 bits per heavy atom. The predicted molar refractivity (Wildman–Crippen MR) is 122 cm³/mol. The van der Waals surface area contributed by atoms with Crippen LogP contribution in [0.25, 0.3) is 6.08 Å². The Labute approximate surface area is 188 Å². The van der Waals surface area contributed by atoms with Gasteiger partial charge in [-0.05, 0) is 80.6 Å². The summed E-state index contributed by atoms with van der Waals surface area (Å²) in [6, 6.07) is 14.1. The molecule has 0 spiro atoms. The molecule has 0 radical (unpaired) electrons. The summed E-state index contributed by atoms with van der Waals surface area (Å²) in [4.78, 5) is 23.2. The first-order chi connectivity index (χ1) is 14.9. The number of esters is 2. The summed E-state index contributed by atoms with van der Waals surface area (Å²) in [5.74, 6) is 0.363. The SMILES string of the molecule is C=C(C)C(=O)OCCCCCCOc1ccc(OC(=O)/C=C/c2ccc(Cl)cc2)cc1. The van der Waals surface area contributed by atoms with E-state index in [1.807, 2.05) is 12.1 Å². The maximum Gasteiger partial charge on any atom is 0.336 e. The second kappa shape index (κ2) is 13.3. The van der Waals surface area contributed by atoms with Gasteiger partial charge in [0.2, 0.25) is 0 Å². The van der Waals surface area contributed by atoms with Gasteiger partial charge in [0.25, 0.3) is 0 Å². The van der Waals surface area contributed by atoms with E-state index in [1.54, 1.807) is 49.4 Å². The van der Waals surface area contributed by atoms with Gasteiger partial charge in [0, 0.05) is 16.7 Å². The minimum Gasteiger partial charge on any atom is -0.494 e. The van der Waals surface area contributed by atoms with Gasteiger partial charge in [-0.25, -0.2) is 9.59 Å². The van der Waals surface area contributed by atoms with Crippen molar-refractivity contribution in [2.75, 3.05) is 13.2 Å². The summed E-state index contributed by atoms with van der Waals surface area (Å²) >= 11 is 5.83. The van der Waals surface area contributed by atoms with Crippen LogP contribution in [0.5, 0.6) is 11.5 Å². The van der Waals surface area contributed by atoms with E-state index in [-0.39, 0.29) is 5.97 Å². The van der Waals surface area contributed by atoms with Crippen LogP contribution in [0.15, 0.2) is 66.8 Å². The van der Waals surface area contributed by atoms with E-state index in [1.165, 1.54) is 6.08 Å². The van der Waals surface area contributed by atoms with Gasteiger partial charge in [0.05, 0.1) is 13.2 Å². The lowest BCUT2D eigenvalue weighted by atomic mass is 10.2. The van der Waals surface area contributed by atoms with Crippen LogP contribution in [-0.4, -0.2) is 25.2 Å². The van der Waals surface area contributed by atoms with Gasteiger partial charge in [-0.2, -0.15) is 0 Å². The highest BCUT2D eigenvalue weighted by Gasteiger charge is 2.03. The molecule has 0 unspecified atom stereocenters. The molecule has 0 saturated heterocycles. The number of carbonyl (C=O) groups excluding carboxylic acids is 2. The van der Waals surface area contributed by atoms with Crippen LogP contribution in [0.3, 0.4) is 0 Å². The first kappa shape index (κ1) is 24.2. The topological polar surface area (TPSA) is 61.8 Å². The highest BCUT2D eigenvalue weighted by Crippen LogP contribution is 2.18. The van der Waals surface area contributed by atoms with E-state index < -0.39 is 5.97 Å². The molecule has 0 aliphatic carbocycles. The van der Waals surface area contributed by atoms with E-state index in [2.05, 4.69) is 6.58 Å². The number of hydrogen-bond donors (Lipinski definition) is 0. The molecule has 0 heterocycles. The quantitative estimate of drug-likeness (QED) is 0.174. The number of benzene rings is 2. The van der Waals surface area contributed by atoms with E-state index in [4.69, 9.17) is 25.8 Å². The molecule has 0 amide bonds. The van der Waals surface area contributed by atoms with E-state index in [9.17, 15) is 9.59 Å². The number of hydrogen-bond acceptors (Lipinski definition) is 5. The van der Waals surface area contributed by atoms with Crippen LogP contribution in [0.4, 0.5) is 0 Å². The fraction of sp³-hybridized carbons (Fsp3) is 0.280. The standard InChI is InChI=1S/C25H27ClO5/c1-19(2)25(28)30-18-6-4-3-5-17-29-22-12-14-23(15-13-22)31-24(27)16-9-20-7-10-21(26)11-8-20/h7-16H,1,3-6,17-18H2,2H3/b16-9+. The summed E-state index contributed by atoms with van der Waals surface area (Å²) in [7, 11) is 0. The first-order valence-corrected chi connectivity index (χ1v) is 10.5. The molecule has 164 valence electrons. The van der Waals surface area contributed by atoms with Crippen molar-refractivity contribution in [1.29, 1.82) is 0 Å². The number of unbranched alkanes of at least 4 members (excludes halogenated alkanes) is 3. The molecule has 0 aliphatic rings. The molecule has 0 N–H and O–H groups in total. The lowest BCUT2D eigenvalue weighted by Crippen LogP contribution is -2.06. The Balaban J connectivity index is 1.61. The number of halogens is 1. The molecule has 0 fully saturated rings. The van der Waals surface area contributed by atoms with Crippen molar-refractivity contribution in [3.05, 3.63) is 77.3 Å². The van der Waals surface area contributed by atoms with Crippen molar-refractivity contribution in [2.24, 2.45) is 0 Å². The Kier molecular flexibility index (Phi) is 10.4. The molecule has 31 heavy (non-hydrogen) atoms. The van der Waals surface area contributed by atoms with Crippen LogP contribution >= 0.6 is 11.6 Å². The average molecular weight is 443 g/mol. The van der Waals surface area contributed by atoms with Gasteiger partial charge >= 0.3 is 11.9 Å². The van der Waals surface area contributed by atoms with Crippen LogP contribution in [0.1, 0.15) is 38.2 Å². The Morgan fingerprint density at radius 2 is 1.52 bits per heavy atom. The molecule has 2 aromatic rings. The van der Waals surface area contributed by atoms with Gasteiger partial charge in [-0.15, -0.1) is 0 Å². The minimum atomic E-state index is -0.461. The van der Waals surface area contributed by atoms with Crippen molar-refractivity contribution >= 4 is 29.6 Å². The molecule has 6 heteroatoms. The Hall–Kier alpha value is -3.05. The fourth-order valence-corrected chi connectivity index (χ4v) is 2.65. The zero-order valence-corrected chi connectivity index (χ0v) is 18.4. The molecule has 0 atom stereocenters. The average Bonchev–Trinajstić information content (AvgIpc) is 2.76. The number of ether oxygens (including phenoxy) is 3. The molecular weight excluding hydrogens is 416 g/mol. The highest BCUT2D eigenvalue weighted by atomic mass is 35.5. The smallest absolute Gasteiger partial charge is 0.336 e. The van der Waals surface area contributed by atoms with Crippen molar-refractivity contribution in [1.82, 2.24) is 0 Å². The third-order valence-electron chi connectivity index (χ3n) is 4.21. The lowest BCUT2D eigenvalue weighted by Gasteiger charge is -2.07. The fourth-order valence-electron chi connectivity index (χ4n) is 2.53. The van der Waals surface area contributed by atoms with Crippen molar-refractivity contribution in [2.45, 2.75) is 32.6 Å². The Bertz CT molecular complexity index is 885. The van der Waals surface area contributed by atoms with E-state index >= 15 is 0 Å². The van der Waals surface area contributed by atoms with Crippen LogP contribution in [0.2, 0.25) is 5.02 Å². The largest absolute Gasteiger partial charge is 0.494 e. The molecule has 0 aliphatic heterocycles. The van der Waals surface area contributed by atoms with Gasteiger partial charge in [-0.3, -0.25) is 0 Å². The maximum absolute atomic E-state index is 11.9. The zero-order valence-electron chi connectivity index (χ0n) is 17.6. The van der Waals surface area contributed by atoms with E-state index in [0.717, 1.165) is 31.2 Å². The number of carbonyl (C=O) groups is 2. The second-order valence-electron chi connectivity index (χ2n) is 6.96. The number of rotatable bonds is 12. The zero-order chi connectivity index (χ0) is 22.5. The normalized spacial score (nSPS) is 10.6. The van der Waals surface area contributed by atoms with Crippen LogP contribution in [-0.2, 0) is 14.3 Å². The van der Waals surface area contributed by atoms with Gasteiger partial charge in [-0.1, -0.05) is 30.3 Å². The summed E-state index contributed by atoms with van der Waals surface area (Å²) in [6.45, 7) is 6.19. The second-order valence-corrected chi connectivity index (χ2v) is 7.39. The summed E-state index contributed by atoms with van der Waals surface area (Å²) in [6.07, 6.45) is 6.71. The summed E-state index contributed by atoms with van der Waals surface area (Å²) in [5.41, 5.74) is 1.28. The van der Waals surface area contributed by atoms with Gasteiger partial charge in [0.15, 0.2) is 0 Å². The van der Waals surface area contributed by atoms with Gasteiger partial charge < -0.3 is 14.2 Å². The molecule has 2 aromatic carbocycles. The highest BCUT2D eigenvalue weighted by molar-refractivity contribution is 6.30. The Morgan fingerprint density at radius 1 is 0.903 bits per heavy atom. The molecule has 0 aromatic heterocycles. The minimum absolute atomic E-state index is 0.338. The van der Waals surface area contributed by atoms with Crippen molar-refractivity contribution in [3.63, 3.8) is 0 Å². The predicted octanol–water partition coefficient (Wildman–Crippen LogP) is 6.02. The molecule has 5 nitrogen and oxygen atoms in total.